The van der Waals surface area contributed by atoms with Gasteiger partial charge in [0.2, 0.25) is 6.41 Å². The molecule has 2 amide bonds. The summed E-state index contributed by atoms with van der Waals surface area (Å²) < 4.78 is 12.7. The summed E-state index contributed by atoms with van der Waals surface area (Å²) in [4.78, 5) is 27.2. The van der Waals surface area contributed by atoms with Crippen LogP contribution in [0.15, 0.2) is 102 Å². The van der Waals surface area contributed by atoms with E-state index in [0.717, 1.165) is 29.6 Å². The molecule has 5 nitrogen and oxygen atoms in total. The highest BCUT2D eigenvalue weighted by molar-refractivity contribution is 7.98. The molecule has 0 fully saturated rings. The van der Waals surface area contributed by atoms with Crippen LogP contribution in [-0.2, 0) is 17.0 Å². The number of benzene rings is 3. The molecule has 4 rings (SSSR count). The van der Waals surface area contributed by atoms with E-state index in [9.17, 15) is 14.0 Å². The zero-order valence-electron chi connectivity index (χ0n) is 20.9. The maximum atomic E-state index is 12.7. The lowest BCUT2D eigenvalue weighted by molar-refractivity contribution is -0.105. The van der Waals surface area contributed by atoms with Crippen molar-refractivity contribution in [3.05, 3.63) is 125 Å². The summed E-state index contributed by atoms with van der Waals surface area (Å²) in [7, 11) is 0. The fraction of sp³-hybridized carbons (Fsp3) is 0.167. The van der Waals surface area contributed by atoms with Crippen molar-refractivity contribution in [1.82, 2.24) is 10.3 Å². The van der Waals surface area contributed by atoms with Gasteiger partial charge in [0.05, 0.1) is 6.20 Å². The molecule has 1 atom stereocenters. The molecule has 0 bridgehead atoms. The van der Waals surface area contributed by atoms with Crippen LogP contribution >= 0.6 is 11.8 Å². The summed E-state index contributed by atoms with van der Waals surface area (Å²) in [6.07, 6.45) is 2.48. The van der Waals surface area contributed by atoms with E-state index in [4.69, 9.17) is 0 Å². The molecule has 0 radical (unpaired) electrons. The third-order valence-electron chi connectivity index (χ3n) is 5.36. The van der Waals surface area contributed by atoms with Gasteiger partial charge in [0.1, 0.15) is 11.5 Å². The summed E-state index contributed by atoms with van der Waals surface area (Å²) in [6, 6.07) is 28.9. The van der Waals surface area contributed by atoms with Crippen molar-refractivity contribution < 1.29 is 14.0 Å². The number of anilines is 1. The van der Waals surface area contributed by atoms with Crippen molar-refractivity contribution in [1.29, 1.82) is 0 Å². The second kappa shape index (κ2) is 14.6. The average Bonchev–Trinajstić information content (AvgIpc) is 2.90. The molecule has 4 aromatic rings. The normalized spacial score (nSPS) is 11.0. The Bertz CT molecular complexity index is 1270. The van der Waals surface area contributed by atoms with E-state index in [2.05, 4.69) is 52.9 Å². The lowest BCUT2D eigenvalue weighted by Gasteiger charge is -2.13. The number of amides is 2. The molecule has 3 aromatic carbocycles. The molecule has 190 valence electrons. The molecule has 0 aliphatic heterocycles. The molecule has 0 saturated heterocycles. The Balaban J connectivity index is 0.000000206. The van der Waals surface area contributed by atoms with Gasteiger partial charge < -0.3 is 10.6 Å². The molecule has 1 unspecified atom stereocenters. The number of aromatic nitrogens is 1. The molecule has 0 spiro atoms. The monoisotopic (exact) mass is 515 g/mol. The van der Waals surface area contributed by atoms with Crippen LogP contribution in [0.4, 0.5) is 10.1 Å². The summed E-state index contributed by atoms with van der Waals surface area (Å²) >= 11 is 1.81. The summed E-state index contributed by atoms with van der Waals surface area (Å²) in [5.41, 5.74) is 4.72. The Kier molecular flexibility index (Phi) is 10.9. The van der Waals surface area contributed by atoms with Gasteiger partial charge in [0, 0.05) is 22.4 Å². The van der Waals surface area contributed by atoms with Gasteiger partial charge in [0.25, 0.3) is 5.91 Å². The van der Waals surface area contributed by atoms with Crippen molar-refractivity contribution in [3.63, 3.8) is 0 Å². The maximum Gasteiger partial charge on any atom is 0.270 e. The smallest absolute Gasteiger partial charge is 0.270 e. The van der Waals surface area contributed by atoms with Gasteiger partial charge in [-0.05, 0) is 67.3 Å². The van der Waals surface area contributed by atoms with E-state index in [-0.39, 0.29) is 17.6 Å². The number of halogens is 1. The van der Waals surface area contributed by atoms with Gasteiger partial charge in [-0.2, -0.15) is 0 Å². The first-order valence-electron chi connectivity index (χ1n) is 11.9. The largest absolute Gasteiger partial charge is 0.348 e. The van der Waals surface area contributed by atoms with Crippen LogP contribution in [0.5, 0.6) is 0 Å². The minimum atomic E-state index is -0.450. The molecular weight excluding hydrogens is 485 g/mol. The van der Waals surface area contributed by atoms with E-state index < -0.39 is 5.82 Å². The Hall–Kier alpha value is -3.97. The first-order valence-corrected chi connectivity index (χ1v) is 12.9. The maximum absolute atomic E-state index is 12.7. The van der Waals surface area contributed by atoms with Crippen molar-refractivity contribution in [3.8, 4) is 0 Å². The number of nitrogens with one attached hydrogen (secondary N) is 2. The Morgan fingerprint density at radius 2 is 1.65 bits per heavy atom. The summed E-state index contributed by atoms with van der Waals surface area (Å²) in [5, 5.41) is 5.50. The van der Waals surface area contributed by atoms with Crippen LogP contribution in [0.1, 0.15) is 34.1 Å². The van der Waals surface area contributed by atoms with Gasteiger partial charge in [-0.1, -0.05) is 60.7 Å². The summed E-state index contributed by atoms with van der Waals surface area (Å²) in [6.45, 7) is 3.98. The predicted octanol–water partition coefficient (Wildman–Crippen LogP) is 6.44. The highest BCUT2D eigenvalue weighted by atomic mass is 32.2. The third kappa shape index (κ3) is 9.54. The molecule has 37 heavy (non-hydrogen) atoms. The van der Waals surface area contributed by atoms with E-state index in [1.807, 2.05) is 67.2 Å². The predicted molar refractivity (Wildman–Crippen MR) is 148 cm³/mol. The Morgan fingerprint density at radius 1 is 0.973 bits per heavy atom. The van der Waals surface area contributed by atoms with Gasteiger partial charge in [0.15, 0.2) is 0 Å². The molecule has 0 aliphatic rings. The highest BCUT2D eigenvalue weighted by Crippen LogP contribution is 2.27. The van der Waals surface area contributed by atoms with Gasteiger partial charge in [-0.3, -0.25) is 9.59 Å². The number of rotatable bonds is 9. The van der Waals surface area contributed by atoms with E-state index in [1.165, 1.54) is 28.2 Å². The molecule has 0 aliphatic carbocycles. The molecule has 0 saturated carbocycles. The van der Waals surface area contributed by atoms with Crippen molar-refractivity contribution in [2.75, 3.05) is 5.32 Å². The van der Waals surface area contributed by atoms with Crippen LogP contribution in [0.25, 0.3) is 0 Å². The van der Waals surface area contributed by atoms with Crippen LogP contribution in [-0.4, -0.2) is 23.3 Å². The zero-order chi connectivity index (χ0) is 26.5. The SMILES string of the molecule is CC(Cc1ccccc1)NC(=O)c1ccc(F)cn1.Cc1cc(NC=O)ccc1SCc1ccccc1. The second-order valence-electron chi connectivity index (χ2n) is 8.44. The Morgan fingerprint density at radius 3 is 2.24 bits per heavy atom. The minimum Gasteiger partial charge on any atom is -0.348 e. The first kappa shape index (κ1) is 27.6. The first-order chi connectivity index (χ1) is 17.9. The van der Waals surface area contributed by atoms with Gasteiger partial charge in [-0.25, -0.2) is 9.37 Å². The van der Waals surface area contributed by atoms with Crippen molar-refractivity contribution in [2.45, 2.75) is 37.0 Å². The molecule has 7 heteroatoms. The average molecular weight is 516 g/mol. The van der Waals surface area contributed by atoms with Crippen molar-refractivity contribution in [2.24, 2.45) is 0 Å². The number of pyridine rings is 1. The van der Waals surface area contributed by atoms with E-state index in [0.29, 0.717) is 6.41 Å². The molecule has 2 N–H and O–H groups in total. The standard InChI is InChI=1S/C15H15FN2O.C15H15NOS/c1-11(9-12-5-3-2-4-6-12)18-15(19)14-8-7-13(16)10-17-14;1-12-9-14(16-11-17)7-8-15(12)18-10-13-5-3-2-4-6-13/h2-8,10-11H,9H2,1H3,(H,18,19);2-9,11H,10H2,1H3,(H,16,17). The fourth-order valence-electron chi connectivity index (χ4n) is 3.53. The van der Waals surface area contributed by atoms with Crippen molar-refractivity contribution >= 4 is 29.8 Å². The highest BCUT2D eigenvalue weighted by Gasteiger charge is 2.11. The number of hydrogen-bond acceptors (Lipinski definition) is 4. The van der Waals surface area contributed by atoms with Crippen LogP contribution in [0, 0.1) is 12.7 Å². The van der Waals surface area contributed by atoms with Crippen LogP contribution in [0.2, 0.25) is 0 Å². The van der Waals surface area contributed by atoms with Gasteiger partial charge in [-0.15, -0.1) is 11.8 Å². The molecular formula is C30H30FN3O2S. The topological polar surface area (TPSA) is 71.1 Å². The molecule has 1 aromatic heterocycles. The van der Waals surface area contributed by atoms with E-state index in [1.54, 1.807) is 0 Å². The van der Waals surface area contributed by atoms with E-state index >= 15 is 0 Å². The number of nitrogens with zero attached hydrogens (tertiary/aromatic N) is 1. The number of carbonyl (C=O) groups excluding carboxylic acids is 2. The number of hydrogen-bond donors (Lipinski definition) is 2. The number of carbonyl (C=O) groups is 2. The quantitative estimate of drug-likeness (QED) is 0.199. The fourth-order valence-corrected chi connectivity index (χ4v) is 4.50. The number of aryl methyl sites for hydroxylation is 1. The third-order valence-corrected chi connectivity index (χ3v) is 6.61. The van der Waals surface area contributed by atoms with Gasteiger partial charge >= 0.3 is 0 Å². The minimum absolute atomic E-state index is 0.0123. The Labute approximate surface area is 221 Å². The lowest BCUT2D eigenvalue weighted by atomic mass is 10.1. The van der Waals surface area contributed by atoms with Crippen LogP contribution < -0.4 is 10.6 Å². The lowest BCUT2D eigenvalue weighted by Crippen LogP contribution is -2.34. The number of thioether (sulfide) groups is 1. The van der Waals surface area contributed by atoms with Crippen LogP contribution in [0.3, 0.4) is 0 Å². The zero-order valence-corrected chi connectivity index (χ0v) is 21.7. The molecule has 1 heterocycles. The summed E-state index contributed by atoms with van der Waals surface area (Å²) in [5.74, 6) is 0.222. The second-order valence-corrected chi connectivity index (χ2v) is 9.46.